The van der Waals surface area contributed by atoms with Crippen molar-refractivity contribution in [3.63, 3.8) is 0 Å². The fraction of sp³-hybridized carbons (Fsp3) is 0.133. The Bertz CT molecular complexity index is 1070. The van der Waals surface area contributed by atoms with E-state index in [4.69, 9.17) is 23.8 Å². The van der Waals surface area contributed by atoms with Crippen molar-refractivity contribution in [2.45, 2.75) is 13.8 Å². The van der Waals surface area contributed by atoms with Gasteiger partial charge in [0, 0.05) is 5.69 Å². The summed E-state index contributed by atoms with van der Waals surface area (Å²) in [5.41, 5.74) is 1.91. The van der Waals surface area contributed by atoms with Crippen LogP contribution >= 0.6 is 35.2 Å². The number of aromatic amines is 1. The van der Waals surface area contributed by atoms with E-state index in [1.54, 1.807) is 6.92 Å². The van der Waals surface area contributed by atoms with Crippen LogP contribution < -0.4 is 10.9 Å². The first kappa shape index (κ1) is 17.5. The standard InChI is InChI=1S/C15H13ClN6OS2/c1-8-5-3-4-6-10(8)18-14-19-12(16)11(25-14)7-17-22-13(23)9(2)20-21-15(22)24/h3-7H,1-2H3,(H,18,19)(H,21,24)/b17-7+. The zero-order chi connectivity index (χ0) is 18.0. The van der Waals surface area contributed by atoms with Crippen LogP contribution in [0.2, 0.25) is 5.15 Å². The molecular formula is C15H13ClN6OS2. The summed E-state index contributed by atoms with van der Waals surface area (Å²) in [4.78, 5) is 16.9. The molecule has 0 saturated carbocycles. The van der Waals surface area contributed by atoms with E-state index in [-0.39, 0.29) is 16.0 Å². The molecule has 10 heteroatoms. The van der Waals surface area contributed by atoms with Gasteiger partial charge in [-0.15, -0.1) is 0 Å². The van der Waals surface area contributed by atoms with E-state index in [1.165, 1.54) is 17.6 Å². The second-order valence-electron chi connectivity index (χ2n) is 5.09. The highest BCUT2D eigenvalue weighted by atomic mass is 35.5. The van der Waals surface area contributed by atoms with Crippen molar-refractivity contribution in [1.82, 2.24) is 19.9 Å². The normalized spacial score (nSPS) is 11.2. The first-order valence-electron chi connectivity index (χ1n) is 7.17. The third kappa shape index (κ3) is 3.84. The van der Waals surface area contributed by atoms with Gasteiger partial charge in [0.15, 0.2) is 10.3 Å². The first-order chi connectivity index (χ1) is 12.0. The lowest BCUT2D eigenvalue weighted by atomic mass is 10.2. The minimum absolute atomic E-state index is 0.103. The maximum Gasteiger partial charge on any atom is 0.296 e. The number of nitrogens with zero attached hydrogens (tertiary/aromatic N) is 4. The SMILES string of the molecule is Cc1ccccc1Nc1nc(Cl)c(/C=N/n2c(=S)[nH]nc(C)c2=O)s1. The van der Waals surface area contributed by atoms with Crippen LogP contribution in [0.4, 0.5) is 10.8 Å². The van der Waals surface area contributed by atoms with E-state index in [0.29, 0.717) is 15.2 Å². The molecule has 2 heterocycles. The van der Waals surface area contributed by atoms with Crippen LogP contribution in [0.3, 0.4) is 0 Å². The number of anilines is 2. The monoisotopic (exact) mass is 392 g/mol. The van der Waals surface area contributed by atoms with Gasteiger partial charge in [-0.1, -0.05) is 41.1 Å². The summed E-state index contributed by atoms with van der Waals surface area (Å²) >= 11 is 12.5. The molecule has 1 aromatic carbocycles. The van der Waals surface area contributed by atoms with Crippen LogP contribution in [0.15, 0.2) is 34.2 Å². The topological polar surface area (TPSA) is 88.0 Å². The molecule has 2 N–H and O–H groups in total. The molecule has 0 atom stereocenters. The Kier molecular flexibility index (Phi) is 5.07. The number of aryl methyl sites for hydroxylation is 2. The molecule has 2 aromatic heterocycles. The summed E-state index contributed by atoms with van der Waals surface area (Å²) in [5.74, 6) is 0. The smallest absolute Gasteiger partial charge is 0.296 e. The van der Waals surface area contributed by atoms with E-state index in [0.717, 1.165) is 15.9 Å². The predicted molar refractivity (Wildman–Crippen MR) is 103 cm³/mol. The summed E-state index contributed by atoms with van der Waals surface area (Å²) < 4.78 is 1.16. The van der Waals surface area contributed by atoms with Crippen LogP contribution in [-0.2, 0) is 0 Å². The number of para-hydroxylation sites is 1. The Labute approximate surface area is 157 Å². The largest absolute Gasteiger partial charge is 0.331 e. The number of H-pyrrole nitrogens is 1. The van der Waals surface area contributed by atoms with Crippen molar-refractivity contribution < 1.29 is 0 Å². The number of hydrogen-bond donors (Lipinski definition) is 2. The molecule has 0 amide bonds. The van der Waals surface area contributed by atoms with Gasteiger partial charge >= 0.3 is 0 Å². The highest BCUT2D eigenvalue weighted by Crippen LogP contribution is 2.29. The van der Waals surface area contributed by atoms with Gasteiger partial charge < -0.3 is 5.32 Å². The first-order valence-corrected chi connectivity index (χ1v) is 8.77. The highest BCUT2D eigenvalue weighted by molar-refractivity contribution is 7.71. The molecule has 128 valence electrons. The number of benzene rings is 1. The van der Waals surface area contributed by atoms with Gasteiger partial charge in [0.2, 0.25) is 4.77 Å². The van der Waals surface area contributed by atoms with Crippen molar-refractivity contribution in [1.29, 1.82) is 0 Å². The fourth-order valence-electron chi connectivity index (χ4n) is 1.96. The number of thiazole rings is 1. The van der Waals surface area contributed by atoms with Gasteiger partial charge in [0.25, 0.3) is 5.56 Å². The van der Waals surface area contributed by atoms with Gasteiger partial charge in [0.1, 0.15) is 5.69 Å². The van der Waals surface area contributed by atoms with E-state index in [9.17, 15) is 4.79 Å². The molecular weight excluding hydrogens is 380 g/mol. The maximum atomic E-state index is 12.0. The second kappa shape index (κ2) is 7.26. The van der Waals surface area contributed by atoms with Gasteiger partial charge in [-0.3, -0.25) is 9.89 Å². The Balaban J connectivity index is 1.89. The maximum absolute atomic E-state index is 12.0. The molecule has 3 rings (SSSR count). The third-order valence-corrected chi connectivity index (χ3v) is 4.87. The molecule has 0 aliphatic heterocycles. The van der Waals surface area contributed by atoms with E-state index < -0.39 is 0 Å². The zero-order valence-electron chi connectivity index (χ0n) is 13.3. The van der Waals surface area contributed by atoms with Crippen LogP contribution in [0.1, 0.15) is 16.1 Å². The van der Waals surface area contributed by atoms with Crippen LogP contribution in [0.25, 0.3) is 0 Å². The van der Waals surface area contributed by atoms with Crippen molar-refractivity contribution in [3.05, 3.63) is 60.7 Å². The van der Waals surface area contributed by atoms with Crippen molar-refractivity contribution in [3.8, 4) is 0 Å². The second-order valence-corrected chi connectivity index (χ2v) is 6.87. The fourth-order valence-corrected chi connectivity index (χ4v) is 3.17. The van der Waals surface area contributed by atoms with Crippen molar-refractivity contribution in [2.75, 3.05) is 5.32 Å². The summed E-state index contributed by atoms with van der Waals surface area (Å²) in [6.45, 7) is 3.57. The summed E-state index contributed by atoms with van der Waals surface area (Å²) in [6, 6.07) is 7.86. The third-order valence-electron chi connectivity index (χ3n) is 3.30. The average Bonchev–Trinajstić information content (AvgIpc) is 2.93. The molecule has 25 heavy (non-hydrogen) atoms. The van der Waals surface area contributed by atoms with E-state index in [2.05, 4.69) is 25.6 Å². The minimum Gasteiger partial charge on any atom is -0.331 e. The lowest BCUT2D eigenvalue weighted by Crippen LogP contribution is -2.22. The molecule has 0 radical (unpaired) electrons. The van der Waals surface area contributed by atoms with E-state index >= 15 is 0 Å². The van der Waals surface area contributed by atoms with Crippen molar-refractivity contribution >= 4 is 52.2 Å². The number of rotatable bonds is 4. The quantitative estimate of drug-likeness (QED) is 0.522. The molecule has 0 fully saturated rings. The molecule has 7 nitrogen and oxygen atoms in total. The Morgan fingerprint density at radius 3 is 2.92 bits per heavy atom. The van der Waals surface area contributed by atoms with Crippen molar-refractivity contribution in [2.24, 2.45) is 5.10 Å². The molecule has 0 aliphatic carbocycles. The summed E-state index contributed by atoms with van der Waals surface area (Å²) in [5, 5.41) is 14.6. The molecule has 0 saturated heterocycles. The minimum atomic E-state index is -0.390. The summed E-state index contributed by atoms with van der Waals surface area (Å²) in [7, 11) is 0. The Hall–Kier alpha value is -2.36. The van der Waals surface area contributed by atoms with Crippen LogP contribution in [0, 0.1) is 18.6 Å². The Morgan fingerprint density at radius 2 is 2.16 bits per heavy atom. The summed E-state index contributed by atoms with van der Waals surface area (Å²) in [6.07, 6.45) is 1.45. The van der Waals surface area contributed by atoms with Gasteiger partial charge in [-0.25, -0.2) is 4.98 Å². The number of hydrogen-bond acceptors (Lipinski definition) is 7. The number of aromatic nitrogens is 4. The van der Waals surface area contributed by atoms with E-state index in [1.807, 2.05) is 31.2 Å². The van der Waals surface area contributed by atoms with Gasteiger partial charge in [-0.2, -0.15) is 14.9 Å². The molecule has 0 aliphatic rings. The molecule has 0 bridgehead atoms. The molecule has 3 aromatic rings. The lowest BCUT2D eigenvalue weighted by molar-refractivity contribution is 0.720. The van der Waals surface area contributed by atoms with Gasteiger partial charge in [0.05, 0.1) is 11.1 Å². The average molecular weight is 393 g/mol. The zero-order valence-corrected chi connectivity index (χ0v) is 15.7. The highest BCUT2D eigenvalue weighted by Gasteiger charge is 2.09. The molecule has 0 spiro atoms. The number of nitrogens with one attached hydrogen (secondary N) is 2. The molecule has 0 unspecified atom stereocenters. The Morgan fingerprint density at radius 1 is 1.40 bits per heavy atom. The van der Waals surface area contributed by atoms with Crippen LogP contribution in [-0.4, -0.2) is 26.1 Å². The van der Waals surface area contributed by atoms with Crippen LogP contribution in [0.5, 0.6) is 0 Å². The number of halogens is 1. The predicted octanol–water partition coefficient (Wildman–Crippen LogP) is 3.65. The lowest BCUT2D eigenvalue weighted by Gasteiger charge is -2.05. The van der Waals surface area contributed by atoms with Gasteiger partial charge in [-0.05, 0) is 37.7 Å².